The Hall–Kier alpha value is -5.26. The first kappa shape index (κ1) is 39.6. The van der Waals surface area contributed by atoms with E-state index < -0.39 is 0 Å². The van der Waals surface area contributed by atoms with Crippen molar-refractivity contribution in [3.8, 4) is 17.3 Å². The Labute approximate surface area is 358 Å². The summed E-state index contributed by atoms with van der Waals surface area (Å²) in [6, 6.07) is 38.9. The summed E-state index contributed by atoms with van der Waals surface area (Å²) in [4.78, 5) is 11.9. The van der Waals surface area contributed by atoms with Crippen molar-refractivity contribution in [3.63, 3.8) is 0 Å². The van der Waals surface area contributed by atoms with Crippen LogP contribution in [0.15, 0.2) is 144 Å². The molecule has 0 aliphatic carbocycles. The molecular weight excluding hydrogens is 892 g/mol. The fourth-order valence-corrected chi connectivity index (χ4v) is 8.40. The molecule has 0 saturated heterocycles. The summed E-state index contributed by atoms with van der Waals surface area (Å²) in [6.07, 6.45) is 10.7. The summed E-state index contributed by atoms with van der Waals surface area (Å²) in [5.74, 6) is 4.40. The van der Waals surface area contributed by atoms with Crippen molar-refractivity contribution in [2.75, 3.05) is 9.80 Å². The van der Waals surface area contributed by atoms with E-state index in [9.17, 15) is 0 Å². The Balaban J connectivity index is 0.00000469. The van der Waals surface area contributed by atoms with E-state index in [4.69, 9.17) is 9.72 Å². The van der Waals surface area contributed by atoms with Crippen LogP contribution in [0.3, 0.4) is 0 Å². The first-order chi connectivity index (χ1) is 27.2. The van der Waals surface area contributed by atoms with Gasteiger partial charge in [-0.1, -0.05) is 110 Å². The van der Waals surface area contributed by atoms with Crippen molar-refractivity contribution in [1.82, 2.24) is 14.4 Å². The number of rotatable bonds is 5. The first-order valence-electron chi connectivity index (χ1n) is 19.9. The number of hydrogen-bond donors (Lipinski definition) is 0. The average Bonchev–Trinajstić information content (AvgIpc) is 3.72. The first-order valence-corrected chi connectivity index (χ1v) is 19.9. The number of aromatic nitrogens is 2. The van der Waals surface area contributed by atoms with Crippen LogP contribution in [0.1, 0.15) is 67.9 Å². The van der Waals surface area contributed by atoms with Crippen LogP contribution in [0.2, 0.25) is 0 Å². The zero-order chi connectivity index (χ0) is 39.9. The number of benzene rings is 4. The Morgan fingerprint density at radius 2 is 1.41 bits per heavy atom. The molecular formula is C50H49BN5OPt-3. The SMILES string of the molecule is CC(C)(C)C1=CN2C=CC=CB2C(C(C)(C)C)=C1N1[CH-]N(c2[c-]c(Oc3[c-]c4c(cc3)c3ccccc3n4-c3cc(C(C)(C)C)ccn3)ccc2)c2ccccc21.[Pt]. The molecule has 296 valence electrons. The Morgan fingerprint density at radius 1 is 0.690 bits per heavy atom. The molecule has 6 nitrogen and oxygen atoms in total. The van der Waals surface area contributed by atoms with Gasteiger partial charge in [0.25, 0.3) is 0 Å². The van der Waals surface area contributed by atoms with Gasteiger partial charge in [0.15, 0.2) is 0 Å². The molecule has 8 heteroatoms. The second kappa shape index (κ2) is 14.5. The van der Waals surface area contributed by atoms with E-state index in [0.29, 0.717) is 11.5 Å². The molecule has 0 bridgehead atoms. The van der Waals surface area contributed by atoms with Crippen LogP contribution in [0.4, 0.5) is 17.1 Å². The van der Waals surface area contributed by atoms with Gasteiger partial charge in [0.1, 0.15) is 5.82 Å². The van der Waals surface area contributed by atoms with E-state index in [2.05, 4.69) is 204 Å². The summed E-state index contributed by atoms with van der Waals surface area (Å²) < 4.78 is 8.83. The van der Waals surface area contributed by atoms with Crippen LogP contribution in [-0.2, 0) is 26.5 Å². The van der Waals surface area contributed by atoms with Crippen molar-refractivity contribution in [3.05, 3.63) is 169 Å². The van der Waals surface area contributed by atoms with Gasteiger partial charge >= 0.3 is 6.85 Å². The monoisotopic (exact) mass is 941 g/mol. The van der Waals surface area contributed by atoms with Crippen molar-refractivity contribution >= 4 is 45.7 Å². The fourth-order valence-electron chi connectivity index (χ4n) is 8.40. The molecule has 9 rings (SSSR count). The van der Waals surface area contributed by atoms with Crippen LogP contribution in [0, 0.1) is 29.6 Å². The molecule has 3 aliphatic rings. The van der Waals surface area contributed by atoms with Crippen molar-refractivity contribution in [2.24, 2.45) is 10.8 Å². The number of pyridine rings is 1. The molecule has 0 unspecified atom stereocenters. The van der Waals surface area contributed by atoms with E-state index >= 15 is 0 Å². The number of nitrogens with zero attached hydrogens (tertiary/aromatic N) is 5. The summed E-state index contributed by atoms with van der Waals surface area (Å²) in [5, 5.41) is 2.25. The summed E-state index contributed by atoms with van der Waals surface area (Å²) in [6.45, 7) is 23.0. The Morgan fingerprint density at radius 3 is 2.16 bits per heavy atom. The maximum absolute atomic E-state index is 6.63. The quantitative estimate of drug-likeness (QED) is 0.127. The van der Waals surface area contributed by atoms with Gasteiger partial charge in [-0.25, -0.2) is 4.98 Å². The minimum Gasteiger partial charge on any atom is -0.509 e. The largest absolute Gasteiger partial charge is 0.509 e. The normalized spacial score (nSPS) is 15.6. The molecule has 0 atom stereocenters. The van der Waals surface area contributed by atoms with Gasteiger partial charge in [-0.2, -0.15) is 12.1 Å². The summed E-state index contributed by atoms with van der Waals surface area (Å²) >= 11 is 0. The zero-order valence-electron chi connectivity index (χ0n) is 34.7. The molecule has 0 fully saturated rings. The third-order valence-electron chi connectivity index (χ3n) is 11.2. The minimum atomic E-state index is -0.114. The second-order valence-electron chi connectivity index (χ2n) is 18.4. The van der Waals surface area contributed by atoms with Crippen LogP contribution < -0.4 is 14.5 Å². The van der Waals surface area contributed by atoms with E-state index in [1.165, 1.54) is 22.3 Å². The second-order valence-corrected chi connectivity index (χ2v) is 18.4. The predicted molar refractivity (Wildman–Crippen MR) is 237 cm³/mol. The topological polar surface area (TPSA) is 36.8 Å². The molecule has 0 saturated carbocycles. The maximum atomic E-state index is 6.63. The van der Waals surface area contributed by atoms with Gasteiger partial charge in [-0.15, -0.1) is 48.1 Å². The molecule has 6 aromatic rings. The smallest absolute Gasteiger partial charge is 0.318 e. The van der Waals surface area contributed by atoms with Gasteiger partial charge in [-0.3, -0.25) is 0 Å². The van der Waals surface area contributed by atoms with E-state index in [1.54, 1.807) is 0 Å². The fraction of sp³-hybridized carbons (Fsp3) is 0.240. The predicted octanol–water partition coefficient (Wildman–Crippen LogP) is 12.6. The van der Waals surface area contributed by atoms with Gasteiger partial charge in [0, 0.05) is 61.3 Å². The van der Waals surface area contributed by atoms with Gasteiger partial charge in [-0.05, 0) is 87.0 Å². The van der Waals surface area contributed by atoms with Crippen molar-refractivity contribution < 1.29 is 25.8 Å². The van der Waals surface area contributed by atoms with Gasteiger partial charge in [0.05, 0.1) is 0 Å². The molecule has 3 aliphatic heterocycles. The molecule has 0 amide bonds. The number of fused-ring (bicyclic) bond motifs is 5. The molecule has 5 heterocycles. The number of hydrogen-bond acceptors (Lipinski definition) is 5. The molecule has 0 spiro atoms. The molecule has 2 aromatic heterocycles. The Kier molecular flexibility index (Phi) is 9.91. The number of ether oxygens (including phenoxy) is 1. The maximum Gasteiger partial charge on any atom is 0.318 e. The molecule has 58 heavy (non-hydrogen) atoms. The van der Waals surface area contributed by atoms with E-state index in [1.807, 2.05) is 24.4 Å². The third kappa shape index (κ3) is 6.92. The van der Waals surface area contributed by atoms with Crippen LogP contribution >= 0.6 is 0 Å². The van der Waals surface area contributed by atoms with Gasteiger partial charge < -0.3 is 23.9 Å². The van der Waals surface area contributed by atoms with Crippen LogP contribution in [0.25, 0.3) is 27.6 Å². The average molecular weight is 942 g/mol. The molecule has 4 aromatic carbocycles. The van der Waals surface area contributed by atoms with Crippen LogP contribution in [0.5, 0.6) is 11.5 Å². The van der Waals surface area contributed by atoms with E-state index in [-0.39, 0.29) is 44.2 Å². The van der Waals surface area contributed by atoms with E-state index in [0.717, 1.165) is 44.7 Å². The molecule has 0 radical (unpaired) electrons. The number of anilines is 3. The summed E-state index contributed by atoms with van der Waals surface area (Å²) in [5.41, 5.74) is 10.0. The number of allylic oxidation sites excluding steroid dienone is 4. The van der Waals surface area contributed by atoms with Crippen molar-refractivity contribution in [2.45, 2.75) is 67.7 Å². The standard InChI is InChI=1S/C50H49BN5O.Pt/c1-48(2,3)34-25-27-52-45(29-34)56-41-20-11-10-19-38(41)39-24-23-37(31-44(39)56)57-36-18-16-17-35(30-36)54-33-55(43-22-13-12-21-42(43)54)46-40(49(4,5)6)32-53-28-15-14-26-51(53)47(46)50(7,8)9;/h10-29,32-33H,1-9H3;/q-3;. The van der Waals surface area contributed by atoms with Crippen LogP contribution in [-0.4, -0.2) is 21.2 Å². The van der Waals surface area contributed by atoms with Crippen molar-refractivity contribution in [1.29, 1.82) is 0 Å². The summed E-state index contributed by atoms with van der Waals surface area (Å²) in [7, 11) is 0. The zero-order valence-corrected chi connectivity index (χ0v) is 37.0. The minimum absolute atomic E-state index is 0. The molecule has 0 N–H and O–H groups in total. The Bertz CT molecular complexity index is 2690. The third-order valence-corrected chi connectivity index (χ3v) is 11.2. The van der Waals surface area contributed by atoms with Gasteiger partial charge in [0.2, 0.25) is 0 Å². The number of para-hydroxylation sites is 3.